The molecule has 4 atom stereocenters. The zero-order valence-electron chi connectivity index (χ0n) is 11.1. The highest BCUT2D eigenvalue weighted by Gasteiger charge is 2.34. The maximum atomic E-state index is 6.19. The van der Waals surface area contributed by atoms with E-state index in [0.717, 1.165) is 13.0 Å². The van der Waals surface area contributed by atoms with E-state index < -0.39 is 0 Å². The number of nitrogens with two attached hydrogens (primary N) is 1. The Hall–Kier alpha value is -0.860. The number of rotatable bonds is 2. The van der Waals surface area contributed by atoms with Gasteiger partial charge in [-0.15, -0.1) is 0 Å². The second-order valence-corrected chi connectivity index (χ2v) is 5.51. The van der Waals surface area contributed by atoms with E-state index in [9.17, 15) is 0 Å². The first-order valence-corrected chi connectivity index (χ1v) is 6.65. The molecule has 2 rings (SSSR count). The topological polar surface area (TPSA) is 29.3 Å². The normalized spacial score (nSPS) is 34.8. The molecular weight excluding hydrogens is 208 g/mol. The number of hydrogen-bond donors (Lipinski definition) is 1. The molecule has 1 heterocycles. The van der Waals surface area contributed by atoms with Gasteiger partial charge in [0.2, 0.25) is 0 Å². The van der Waals surface area contributed by atoms with Gasteiger partial charge in [-0.25, -0.2) is 0 Å². The molecule has 0 aliphatic carbocycles. The highest BCUT2D eigenvalue weighted by molar-refractivity contribution is 5.15. The van der Waals surface area contributed by atoms with Crippen molar-refractivity contribution in [3.63, 3.8) is 0 Å². The molecule has 0 amide bonds. The molecule has 1 fully saturated rings. The van der Waals surface area contributed by atoms with Crippen molar-refractivity contribution < 1.29 is 0 Å². The summed E-state index contributed by atoms with van der Waals surface area (Å²) < 4.78 is 0. The van der Waals surface area contributed by atoms with Gasteiger partial charge in [0.25, 0.3) is 0 Å². The molecule has 0 radical (unpaired) electrons. The summed E-state index contributed by atoms with van der Waals surface area (Å²) in [6.07, 6.45) is 1.11. The molecule has 0 saturated carbocycles. The van der Waals surface area contributed by atoms with Crippen LogP contribution in [0, 0.1) is 5.92 Å². The van der Waals surface area contributed by atoms with Crippen molar-refractivity contribution >= 4 is 0 Å². The van der Waals surface area contributed by atoms with Gasteiger partial charge in [-0.3, -0.25) is 4.90 Å². The minimum absolute atomic E-state index is 0.354. The maximum Gasteiger partial charge on any atom is 0.0239 e. The molecule has 2 nitrogen and oxygen atoms in total. The van der Waals surface area contributed by atoms with Crippen LogP contribution in [-0.2, 0) is 6.54 Å². The van der Waals surface area contributed by atoms with Crippen LogP contribution in [0.1, 0.15) is 32.8 Å². The zero-order valence-corrected chi connectivity index (χ0v) is 11.1. The second-order valence-electron chi connectivity index (χ2n) is 5.51. The van der Waals surface area contributed by atoms with E-state index in [1.807, 2.05) is 0 Å². The number of likely N-dealkylation sites (tertiary alicyclic amines) is 1. The Bertz CT molecular complexity index is 349. The van der Waals surface area contributed by atoms with Gasteiger partial charge in [-0.2, -0.15) is 0 Å². The van der Waals surface area contributed by atoms with Crippen molar-refractivity contribution in [3.8, 4) is 0 Å². The third-order valence-corrected chi connectivity index (χ3v) is 4.35. The van der Waals surface area contributed by atoms with Crippen LogP contribution in [-0.4, -0.2) is 23.0 Å². The van der Waals surface area contributed by atoms with Crippen LogP contribution in [0.15, 0.2) is 30.3 Å². The minimum atomic E-state index is 0.354. The van der Waals surface area contributed by atoms with Crippen LogP contribution in [0.5, 0.6) is 0 Å². The SMILES string of the molecule is C[C@H]1[C@H](N)C[C@@H](C)N(Cc2ccccc2)[C@H]1C. The third-order valence-electron chi connectivity index (χ3n) is 4.35. The summed E-state index contributed by atoms with van der Waals surface area (Å²) in [5, 5.41) is 0. The molecule has 0 bridgehead atoms. The highest BCUT2D eigenvalue weighted by Crippen LogP contribution is 2.28. The highest BCUT2D eigenvalue weighted by atomic mass is 15.2. The summed E-state index contributed by atoms with van der Waals surface area (Å²) >= 11 is 0. The van der Waals surface area contributed by atoms with Crippen molar-refractivity contribution in [3.05, 3.63) is 35.9 Å². The monoisotopic (exact) mass is 232 g/mol. The first-order valence-electron chi connectivity index (χ1n) is 6.65. The summed E-state index contributed by atoms with van der Waals surface area (Å²) in [7, 11) is 0. The van der Waals surface area contributed by atoms with Gasteiger partial charge in [0, 0.05) is 24.7 Å². The molecule has 1 aliphatic heterocycles. The maximum absolute atomic E-state index is 6.19. The fourth-order valence-corrected chi connectivity index (χ4v) is 2.90. The number of hydrogen-bond acceptors (Lipinski definition) is 2. The fraction of sp³-hybridized carbons (Fsp3) is 0.600. The standard InChI is InChI=1S/C15H24N2/c1-11-9-15(16)12(2)13(3)17(11)10-14-7-5-4-6-8-14/h4-8,11-13,15H,9-10,16H2,1-3H3/t11-,12-,13+,15-/m1/s1. The number of nitrogens with zero attached hydrogens (tertiary/aromatic N) is 1. The van der Waals surface area contributed by atoms with Crippen molar-refractivity contribution in [2.24, 2.45) is 11.7 Å². The lowest BCUT2D eigenvalue weighted by Crippen LogP contribution is -2.55. The molecule has 0 spiro atoms. The lowest BCUT2D eigenvalue weighted by atomic mass is 9.84. The molecule has 1 aromatic rings. The molecule has 1 aliphatic rings. The van der Waals surface area contributed by atoms with Gasteiger partial charge in [-0.05, 0) is 31.7 Å². The molecule has 2 N–H and O–H groups in total. The molecule has 0 unspecified atom stereocenters. The van der Waals surface area contributed by atoms with Crippen LogP contribution >= 0.6 is 0 Å². The van der Waals surface area contributed by atoms with E-state index in [0.29, 0.717) is 24.0 Å². The summed E-state index contributed by atoms with van der Waals surface area (Å²) in [6, 6.07) is 12.2. The Labute approximate surface area is 105 Å². The van der Waals surface area contributed by atoms with E-state index in [-0.39, 0.29) is 0 Å². The van der Waals surface area contributed by atoms with Gasteiger partial charge < -0.3 is 5.73 Å². The Morgan fingerprint density at radius 3 is 2.47 bits per heavy atom. The largest absolute Gasteiger partial charge is 0.327 e. The van der Waals surface area contributed by atoms with Crippen LogP contribution in [0.4, 0.5) is 0 Å². The zero-order chi connectivity index (χ0) is 12.4. The van der Waals surface area contributed by atoms with Crippen molar-refractivity contribution in [2.45, 2.75) is 51.9 Å². The lowest BCUT2D eigenvalue weighted by molar-refractivity contribution is 0.0439. The predicted molar refractivity (Wildman–Crippen MR) is 72.7 cm³/mol. The van der Waals surface area contributed by atoms with Gasteiger partial charge >= 0.3 is 0 Å². The molecule has 1 saturated heterocycles. The van der Waals surface area contributed by atoms with E-state index in [2.05, 4.69) is 56.0 Å². The summed E-state index contributed by atoms with van der Waals surface area (Å²) in [6.45, 7) is 7.92. The first-order chi connectivity index (χ1) is 8.09. The van der Waals surface area contributed by atoms with E-state index in [4.69, 9.17) is 5.73 Å². The van der Waals surface area contributed by atoms with Gasteiger partial charge in [0.15, 0.2) is 0 Å². The predicted octanol–water partition coefficient (Wildman–Crippen LogP) is 2.63. The molecule has 2 heteroatoms. The van der Waals surface area contributed by atoms with Crippen LogP contribution in [0.3, 0.4) is 0 Å². The van der Waals surface area contributed by atoms with E-state index >= 15 is 0 Å². The van der Waals surface area contributed by atoms with Gasteiger partial charge in [0.1, 0.15) is 0 Å². The summed E-state index contributed by atoms with van der Waals surface area (Å²) in [5.41, 5.74) is 7.59. The van der Waals surface area contributed by atoms with Crippen LogP contribution in [0.2, 0.25) is 0 Å². The molecular formula is C15H24N2. The lowest BCUT2D eigenvalue weighted by Gasteiger charge is -2.45. The van der Waals surface area contributed by atoms with Gasteiger partial charge in [0.05, 0.1) is 0 Å². The average molecular weight is 232 g/mol. The summed E-state index contributed by atoms with van der Waals surface area (Å²) in [4.78, 5) is 2.59. The number of benzene rings is 1. The Morgan fingerprint density at radius 1 is 1.18 bits per heavy atom. The Morgan fingerprint density at radius 2 is 1.82 bits per heavy atom. The molecule has 1 aromatic carbocycles. The summed E-state index contributed by atoms with van der Waals surface area (Å²) in [5.74, 6) is 0.579. The molecule has 17 heavy (non-hydrogen) atoms. The van der Waals surface area contributed by atoms with E-state index in [1.165, 1.54) is 5.56 Å². The third kappa shape index (κ3) is 2.70. The Kier molecular flexibility index (Phi) is 3.85. The van der Waals surface area contributed by atoms with Crippen molar-refractivity contribution in [2.75, 3.05) is 0 Å². The fourth-order valence-electron chi connectivity index (χ4n) is 2.90. The van der Waals surface area contributed by atoms with Crippen LogP contribution < -0.4 is 5.73 Å². The molecule has 0 aromatic heterocycles. The van der Waals surface area contributed by atoms with Crippen molar-refractivity contribution in [1.82, 2.24) is 4.90 Å². The quantitative estimate of drug-likeness (QED) is 0.849. The first kappa shape index (κ1) is 12.6. The Balaban J connectivity index is 2.09. The average Bonchev–Trinajstić information content (AvgIpc) is 2.33. The number of piperidine rings is 1. The van der Waals surface area contributed by atoms with Gasteiger partial charge in [-0.1, -0.05) is 37.3 Å². The second kappa shape index (κ2) is 5.19. The molecule has 94 valence electrons. The van der Waals surface area contributed by atoms with Crippen LogP contribution in [0.25, 0.3) is 0 Å². The smallest absolute Gasteiger partial charge is 0.0239 e. The van der Waals surface area contributed by atoms with Crippen molar-refractivity contribution in [1.29, 1.82) is 0 Å². The minimum Gasteiger partial charge on any atom is -0.327 e. The van der Waals surface area contributed by atoms with E-state index in [1.54, 1.807) is 0 Å².